The van der Waals surface area contributed by atoms with Gasteiger partial charge < -0.3 is 9.15 Å². The lowest BCUT2D eigenvalue weighted by Crippen LogP contribution is -1.97. The minimum absolute atomic E-state index is 0.0590. The van der Waals surface area contributed by atoms with Crippen LogP contribution in [0.5, 0.6) is 5.75 Å². The highest BCUT2D eigenvalue weighted by atomic mass is 35.5. The number of nitro benzene ring substituents is 1. The maximum atomic E-state index is 12.4. The minimum atomic E-state index is -0.472. The molecule has 0 saturated carbocycles. The zero-order chi connectivity index (χ0) is 18.3. The maximum Gasteiger partial charge on any atom is 0.280 e. The standard InChI is InChI=1S/C19H10ClNO5/c20-11-5-7-17-14(9-11)19(22)18(26-17)10-12-6-8-16(25-12)13-3-1-2-4-15(13)21(23)24/h1-10H/b18-10-. The molecule has 1 aromatic heterocycles. The second kappa shape index (κ2) is 6.16. The predicted octanol–water partition coefficient (Wildman–Crippen LogP) is 5.12. The number of furan rings is 1. The van der Waals surface area contributed by atoms with Crippen molar-refractivity contribution in [2.24, 2.45) is 0 Å². The van der Waals surface area contributed by atoms with E-state index in [9.17, 15) is 14.9 Å². The van der Waals surface area contributed by atoms with Crippen LogP contribution in [0.4, 0.5) is 5.69 Å². The van der Waals surface area contributed by atoms with E-state index >= 15 is 0 Å². The molecular formula is C19H10ClNO5. The topological polar surface area (TPSA) is 82.6 Å². The summed E-state index contributed by atoms with van der Waals surface area (Å²) in [5.41, 5.74) is 0.682. The first-order valence-corrected chi connectivity index (χ1v) is 7.98. The molecule has 26 heavy (non-hydrogen) atoms. The van der Waals surface area contributed by atoms with E-state index in [4.69, 9.17) is 20.8 Å². The van der Waals surface area contributed by atoms with Gasteiger partial charge in [0.05, 0.1) is 16.1 Å². The third kappa shape index (κ3) is 2.76. The number of ketones is 1. The number of Topliss-reactive ketones (excluding diaryl/α,β-unsaturated/α-hetero) is 1. The molecule has 4 rings (SSSR count). The van der Waals surface area contributed by atoms with Crippen LogP contribution in [-0.4, -0.2) is 10.7 Å². The third-order valence-corrected chi connectivity index (χ3v) is 4.13. The van der Waals surface area contributed by atoms with Crippen LogP contribution in [0.2, 0.25) is 5.02 Å². The number of carbonyl (C=O) groups is 1. The Balaban J connectivity index is 1.67. The first kappa shape index (κ1) is 16.1. The summed E-state index contributed by atoms with van der Waals surface area (Å²) in [5, 5.41) is 11.6. The van der Waals surface area contributed by atoms with E-state index in [-0.39, 0.29) is 17.2 Å². The summed E-state index contributed by atoms with van der Waals surface area (Å²) in [5.74, 6) is 0.906. The van der Waals surface area contributed by atoms with Crippen LogP contribution in [0, 0.1) is 10.1 Å². The van der Waals surface area contributed by atoms with E-state index < -0.39 is 4.92 Å². The first-order valence-electron chi connectivity index (χ1n) is 7.60. The molecule has 1 aliphatic rings. The highest BCUT2D eigenvalue weighted by Crippen LogP contribution is 2.35. The van der Waals surface area contributed by atoms with Gasteiger partial charge in [-0.25, -0.2) is 0 Å². The van der Waals surface area contributed by atoms with Crippen molar-refractivity contribution in [2.45, 2.75) is 0 Å². The SMILES string of the molecule is O=C1/C(=C/c2ccc(-c3ccccc3[N+](=O)[O-])o2)Oc2ccc(Cl)cc21. The average Bonchev–Trinajstić information content (AvgIpc) is 3.21. The second-order valence-electron chi connectivity index (χ2n) is 5.56. The Labute approximate surface area is 152 Å². The second-order valence-corrected chi connectivity index (χ2v) is 5.99. The molecule has 128 valence electrons. The van der Waals surface area contributed by atoms with Crippen molar-refractivity contribution < 1.29 is 18.9 Å². The van der Waals surface area contributed by atoms with E-state index in [1.807, 2.05) is 0 Å². The summed E-state index contributed by atoms with van der Waals surface area (Å²) in [7, 11) is 0. The molecule has 0 unspecified atom stereocenters. The summed E-state index contributed by atoms with van der Waals surface area (Å²) in [6, 6.07) is 14.3. The smallest absolute Gasteiger partial charge is 0.280 e. The number of hydrogen-bond acceptors (Lipinski definition) is 5. The van der Waals surface area contributed by atoms with E-state index in [0.717, 1.165) is 0 Å². The van der Waals surface area contributed by atoms with Gasteiger partial charge in [-0.1, -0.05) is 23.7 Å². The molecule has 0 amide bonds. The molecule has 0 saturated heterocycles. The Morgan fingerprint density at radius 3 is 2.65 bits per heavy atom. The lowest BCUT2D eigenvalue weighted by molar-refractivity contribution is -0.384. The molecule has 0 aliphatic carbocycles. The number of fused-ring (bicyclic) bond motifs is 1. The molecule has 1 aliphatic heterocycles. The molecule has 2 aromatic carbocycles. The number of rotatable bonds is 3. The fraction of sp³-hybridized carbons (Fsp3) is 0. The lowest BCUT2D eigenvalue weighted by atomic mass is 10.1. The first-order chi connectivity index (χ1) is 12.5. The molecule has 0 spiro atoms. The van der Waals surface area contributed by atoms with Crippen molar-refractivity contribution in [2.75, 3.05) is 0 Å². The molecule has 0 radical (unpaired) electrons. The summed E-state index contributed by atoms with van der Waals surface area (Å²) < 4.78 is 11.2. The largest absolute Gasteiger partial charge is 0.456 e. The monoisotopic (exact) mass is 367 g/mol. The van der Waals surface area contributed by atoms with Crippen molar-refractivity contribution in [3.8, 4) is 17.1 Å². The molecule has 3 aromatic rings. The number of nitro groups is 1. The predicted molar refractivity (Wildman–Crippen MR) is 95.2 cm³/mol. The van der Waals surface area contributed by atoms with Gasteiger partial charge in [0.25, 0.3) is 5.69 Å². The van der Waals surface area contributed by atoms with Crippen molar-refractivity contribution in [3.63, 3.8) is 0 Å². The van der Waals surface area contributed by atoms with Gasteiger partial charge in [0.2, 0.25) is 5.78 Å². The van der Waals surface area contributed by atoms with Crippen LogP contribution < -0.4 is 4.74 Å². The number of hydrogen-bond donors (Lipinski definition) is 0. The Hall–Kier alpha value is -3.38. The van der Waals surface area contributed by atoms with Crippen molar-refractivity contribution in [1.29, 1.82) is 0 Å². The van der Waals surface area contributed by atoms with Gasteiger partial charge in [0.15, 0.2) is 5.76 Å². The van der Waals surface area contributed by atoms with E-state index in [0.29, 0.717) is 33.4 Å². The normalized spacial score (nSPS) is 14.3. The Morgan fingerprint density at radius 2 is 1.85 bits per heavy atom. The molecule has 6 nitrogen and oxygen atoms in total. The molecule has 0 fully saturated rings. The number of nitrogens with zero attached hydrogens (tertiary/aromatic N) is 1. The molecular weight excluding hydrogens is 358 g/mol. The van der Waals surface area contributed by atoms with Crippen LogP contribution in [0.1, 0.15) is 16.1 Å². The molecule has 2 heterocycles. The summed E-state index contributed by atoms with van der Waals surface area (Å²) in [6.07, 6.45) is 1.45. The van der Waals surface area contributed by atoms with Crippen LogP contribution in [0.15, 0.2) is 64.8 Å². The highest BCUT2D eigenvalue weighted by molar-refractivity contribution is 6.31. The molecule has 0 atom stereocenters. The number of halogens is 1. The van der Waals surface area contributed by atoms with E-state index in [2.05, 4.69) is 0 Å². The van der Waals surface area contributed by atoms with Crippen LogP contribution in [0.25, 0.3) is 17.4 Å². The summed E-state index contributed by atoms with van der Waals surface area (Å²) in [6.45, 7) is 0. The Kier molecular flexibility index (Phi) is 3.82. The van der Waals surface area contributed by atoms with Gasteiger partial charge in [0.1, 0.15) is 17.3 Å². The number of ether oxygens (including phenoxy) is 1. The van der Waals surface area contributed by atoms with Crippen LogP contribution in [0.3, 0.4) is 0 Å². The number of carbonyl (C=O) groups excluding carboxylic acids is 1. The van der Waals surface area contributed by atoms with Gasteiger partial charge in [0, 0.05) is 17.2 Å². The molecule has 0 N–H and O–H groups in total. The van der Waals surface area contributed by atoms with Crippen LogP contribution >= 0.6 is 11.6 Å². The van der Waals surface area contributed by atoms with E-state index in [1.165, 1.54) is 12.1 Å². The van der Waals surface area contributed by atoms with Crippen molar-refractivity contribution in [3.05, 3.63) is 86.8 Å². The Bertz CT molecular complexity index is 1080. The van der Waals surface area contributed by atoms with Gasteiger partial charge in [-0.15, -0.1) is 0 Å². The van der Waals surface area contributed by atoms with Gasteiger partial charge in [-0.3, -0.25) is 14.9 Å². The molecule has 7 heteroatoms. The fourth-order valence-electron chi connectivity index (χ4n) is 2.71. The quantitative estimate of drug-likeness (QED) is 0.364. The summed E-state index contributed by atoms with van der Waals surface area (Å²) in [4.78, 5) is 23.1. The van der Waals surface area contributed by atoms with Crippen molar-refractivity contribution in [1.82, 2.24) is 0 Å². The number of para-hydroxylation sites is 1. The van der Waals surface area contributed by atoms with Crippen LogP contribution in [-0.2, 0) is 0 Å². The van der Waals surface area contributed by atoms with Gasteiger partial charge in [-0.05, 0) is 36.4 Å². The maximum absolute atomic E-state index is 12.4. The lowest BCUT2D eigenvalue weighted by Gasteiger charge is -1.99. The van der Waals surface area contributed by atoms with Gasteiger partial charge >= 0.3 is 0 Å². The van der Waals surface area contributed by atoms with E-state index in [1.54, 1.807) is 48.5 Å². The zero-order valence-corrected chi connectivity index (χ0v) is 13.9. The number of allylic oxidation sites excluding steroid dienone is 1. The molecule has 0 bridgehead atoms. The highest BCUT2D eigenvalue weighted by Gasteiger charge is 2.28. The fourth-order valence-corrected chi connectivity index (χ4v) is 2.88. The number of benzene rings is 2. The van der Waals surface area contributed by atoms with Gasteiger partial charge in [-0.2, -0.15) is 0 Å². The third-order valence-electron chi connectivity index (χ3n) is 3.90. The Morgan fingerprint density at radius 1 is 1.04 bits per heavy atom. The van der Waals surface area contributed by atoms with Crippen molar-refractivity contribution >= 4 is 29.1 Å². The summed E-state index contributed by atoms with van der Waals surface area (Å²) >= 11 is 5.91. The zero-order valence-electron chi connectivity index (χ0n) is 13.1. The average molecular weight is 368 g/mol. The minimum Gasteiger partial charge on any atom is -0.456 e.